The molecular weight excluding hydrogens is 394 g/mol. The van der Waals surface area contributed by atoms with Crippen molar-refractivity contribution < 1.29 is 13.9 Å². The molecule has 1 unspecified atom stereocenters. The number of urea groups is 1. The number of nitrogens with zero attached hydrogens (tertiary/aromatic N) is 3. The molecule has 8 nitrogen and oxygen atoms in total. The van der Waals surface area contributed by atoms with Crippen LogP contribution < -0.4 is 10.6 Å². The van der Waals surface area contributed by atoms with E-state index in [2.05, 4.69) is 38.4 Å². The molecule has 2 amide bonds. The second kappa shape index (κ2) is 10.00. The van der Waals surface area contributed by atoms with Crippen molar-refractivity contribution in [2.45, 2.75) is 12.6 Å². The van der Waals surface area contributed by atoms with Gasteiger partial charge in [0.1, 0.15) is 5.76 Å². The number of carbonyl (C=O) groups excluding carboxylic acids is 1. The van der Waals surface area contributed by atoms with Gasteiger partial charge in [-0.05, 0) is 50.5 Å². The van der Waals surface area contributed by atoms with Gasteiger partial charge in [0.25, 0.3) is 0 Å². The van der Waals surface area contributed by atoms with Gasteiger partial charge in [-0.3, -0.25) is 9.80 Å². The molecule has 1 aromatic carbocycles. The number of likely N-dealkylation sites (N-methyl/N-ethyl adjacent to an activating group) is 1. The van der Waals surface area contributed by atoms with E-state index in [0.29, 0.717) is 6.54 Å². The monoisotopic (exact) mass is 425 g/mol. The van der Waals surface area contributed by atoms with Gasteiger partial charge < -0.3 is 24.4 Å². The van der Waals surface area contributed by atoms with Crippen molar-refractivity contribution >= 4 is 22.6 Å². The number of aromatic nitrogens is 1. The minimum absolute atomic E-state index is 0.0243. The first-order valence-corrected chi connectivity index (χ1v) is 10.7. The summed E-state index contributed by atoms with van der Waals surface area (Å²) in [4.78, 5) is 16.9. The first-order valence-electron chi connectivity index (χ1n) is 10.7. The number of rotatable bonds is 8. The second-order valence-corrected chi connectivity index (χ2v) is 8.07. The van der Waals surface area contributed by atoms with Crippen LogP contribution >= 0.6 is 0 Å². The van der Waals surface area contributed by atoms with Crippen molar-refractivity contribution in [2.24, 2.45) is 0 Å². The summed E-state index contributed by atoms with van der Waals surface area (Å²) in [6.45, 7) is 6.04. The van der Waals surface area contributed by atoms with E-state index in [1.165, 1.54) is 5.52 Å². The molecule has 2 aromatic heterocycles. The van der Waals surface area contributed by atoms with Crippen LogP contribution in [-0.4, -0.2) is 73.9 Å². The zero-order valence-electron chi connectivity index (χ0n) is 18.2. The fraction of sp³-hybridized carbons (Fsp3) is 0.435. The molecule has 1 saturated heterocycles. The lowest BCUT2D eigenvalue weighted by Crippen LogP contribution is -2.38. The van der Waals surface area contributed by atoms with E-state index in [9.17, 15) is 4.79 Å². The third-order valence-corrected chi connectivity index (χ3v) is 5.74. The summed E-state index contributed by atoms with van der Waals surface area (Å²) >= 11 is 0. The predicted molar refractivity (Wildman–Crippen MR) is 121 cm³/mol. The number of hydrogen-bond donors (Lipinski definition) is 2. The number of furan rings is 1. The summed E-state index contributed by atoms with van der Waals surface area (Å²) in [6, 6.07) is 11.6. The standard InChI is InChI=1S/C23H31N5O3/c1-26(2)21(22-4-3-13-31-22)17-24-23(29)25-19-5-6-20-18(16-19)7-8-28(20)10-9-27-11-14-30-15-12-27/h3-8,13,16,21H,9-12,14-15,17H2,1-2H3,(H2,24,25,29). The van der Waals surface area contributed by atoms with Crippen molar-refractivity contribution in [2.75, 3.05) is 58.8 Å². The average Bonchev–Trinajstić information content (AvgIpc) is 3.43. The van der Waals surface area contributed by atoms with E-state index in [0.717, 1.165) is 56.2 Å². The zero-order valence-corrected chi connectivity index (χ0v) is 18.2. The Labute approximate surface area is 182 Å². The molecule has 1 fully saturated rings. The maximum atomic E-state index is 12.4. The lowest BCUT2D eigenvalue weighted by atomic mass is 10.2. The normalized spacial score (nSPS) is 16.0. The molecule has 4 rings (SSSR count). The number of amides is 2. The predicted octanol–water partition coefficient (Wildman–Crippen LogP) is 2.99. The molecule has 2 N–H and O–H groups in total. The Morgan fingerprint density at radius 3 is 2.74 bits per heavy atom. The minimum Gasteiger partial charge on any atom is -0.468 e. The van der Waals surface area contributed by atoms with Gasteiger partial charge in [-0.1, -0.05) is 0 Å². The topological polar surface area (TPSA) is 74.9 Å². The van der Waals surface area contributed by atoms with Gasteiger partial charge in [0, 0.05) is 55.5 Å². The van der Waals surface area contributed by atoms with Crippen molar-refractivity contribution in [3.63, 3.8) is 0 Å². The van der Waals surface area contributed by atoms with E-state index < -0.39 is 0 Å². The molecular formula is C23H31N5O3. The Balaban J connectivity index is 1.32. The van der Waals surface area contributed by atoms with E-state index in [-0.39, 0.29) is 12.1 Å². The number of carbonyl (C=O) groups is 1. The van der Waals surface area contributed by atoms with Crippen molar-refractivity contribution in [1.82, 2.24) is 19.7 Å². The van der Waals surface area contributed by atoms with Crippen LogP contribution in [0.2, 0.25) is 0 Å². The van der Waals surface area contributed by atoms with Gasteiger partial charge >= 0.3 is 6.03 Å². The summed E-state index contributed by atoms with van der Waals surface area (Å²) in [6.07, 6.45) is 3.76. The molecule has 1 aliphatic rings. The maximum Gasteiger partial charge on any atom is 0.319 e. The van der Waals surface area contributed by atoms with Gasteiger partial charge in [0.15, 0.2) is 0 Å². The third-order valence-electron chi connectivity index (χ3n) is 5.74. The van der Waals surface area contributed by atoms with Gasteiger partial charge in [-0.15, -0.1) is 0 Å². The molecule has 0 aliphatic carbocycles. The molecule has 1 aliphatic heterocycles. The zero-order chi connectivity index (χ0) is 21.6. The number of nitrogens with one attached hydrogen (secondary N) is 2. The summed E-state index contributed by atoms with van der Waals surface area (Å²) in [5.74, 6) is 0.824. The fourth-order valence-corrected chi connectivity index (χ4v) is 3.93. The second-order valence-electron chi connectivity index (χ2n) is 8.07. The molecule has 0 bridgehead atoms. The quantitative estimate of drug-likeness (QED) is 0.580. The highest BCUT2D eigenvalue weighted by atomic mass is 16.5. The highest BCUT2D eigenvalue weighted by Crippen LogP contribution is 2.21. The first-order chi connectivity index (χ1) is 15.1. The molecule has 0 saturated carbocycles. The lowest BCUT2D eigenvalue weighted by Gasteiger charge is -2.26. The van der Waals surface area contributed by atoms with Crippen LogP contribution in [0.25, 0.3) is 10.9 Å². The lowest BCUT2D eigenvalue weighted by molar-refractivity contribution is 0.0365. The molecule has 8 heteroatoms. The molecule has 1 atom stereocenters. The van der Waals surface area contributed by atoms with Crippen LogP contribution in [0.3, 0.4) is 0 Å². The Morgan fingerprint density at radius 2 is 2.00 bits per heavy atom. The van der Waals surface area contributed by atoms with Crippen molar-refractivity contribution in [3.05, 3.63) is 54.6 Å². The van der Waals surface area contributed by atoms with Crippen molar-refractivity contribution in [1.29, 1.82) is 0 Å². The Kier molecular flexibility index (Phi) is 6.91. The summed E-state index contributed by atoms with van der Waals surface area (Å²) < 4.78 is 13.2. The molecule has 31 heavy (non-hydrogen) atoms. The van der Waals surface area contributed by atoms with Gasteiger partial charge in [-0.2, -0.15) is 0 Å². The first kappa shape index (κ1) is 21.4. The van der Waals surface area contributed by atoms with Gasteiger partial charge in [-0.25, -0.2) is 4.79 Å². The maximum absolute atomic E-state index is 12.4. The van der Waals surface area contributed by atoms with Gasteiger partial charge in [0.05, 0.1) is 25.5 Å². The molecule has 3 heterocycles. The number of ether oxygens (including phenoxy) is 1. The van der Waals surface area contributed by atoms with Crippen LogP contribution in [0, 0.1) is 0 Å². The van der Waals surface area contributed by atoms with Crippen LogP contribution in [0.15, 0.2) is 53.3 Å². The van der Waals surface area contributed by atoms with Crippen LogP contribution in [-0.2, 0) is 11.3 Å². The number of benzene rings is 1. The SMILES string of the molecule is CN(C)C(CNC(=O)Nc1ccc2c(ccn2CCN2CCOCC2)c1)c1ccco1. The van der Waals surface area contributed by atoms with E-state index in [1.807, 2.05) is 43.3 Å². The van der Waals surface area contributed by atoms with Crippen LogP contribution in [0.4, 0.5) is 10.5 Å². The fourth-order valence-electron chi connectivity index (χ4n) is 3.93. The third kappa shape index (κ3) is 5.46. The van der Waals surface area contributed by atoms with Gasteiger partial charge in [0.2, 0.25) is 0 Å². The van der Waals surface area contributed by atoms with Crippen molar-refractivity contribution in [3.8, 4) is 0 Å². The largest absolute Gasteiger partial charge is 0.468 e. The summed E-state index contributed by atoms with van der Waals surface area (Å²) in [5, 5.41) is 6.99. The summed E-state index contributed by atoms with van der Waals surface area (Å²) in [7, 11) is 3.93. The molecule has 3 aromatic rings. The number of morpholine rings is 1. The number of fused-ring (bicyclic) bond motifs is 1. The molecule has 0 spiro atoms. The Hall–Kier alpha value is -2.81. The Morgan fingerprint density at radius 1 is 1.16 bits per heavy atom. The highest BCUT2D eigenvalue weighted by Gasteiger charge is 2.18. The summed E-state index contributed by atoms with van der Waals surface area (Å²) in [5.41, 5.74) is 1.94. The van der Waals surface area contributed by atoms with Crippen LogP contribution in [0.1, 0.15) is 11.8 Å². The Bertz CT molecular complexity index is 976. The average molecular weight is 426 g/mol. The van der Waals surface area contributed by atoms with E-state index in [4.69, 9.17) is 9.15 Å². The number of hydrogen-bond acceptors (Lipinski definition) is 5. The highest BCUT2D eigenvalue weighted by molar-refractivity contribution is 5.93. The number of anilines is 1. The van der Waals surface area contributed by atoms with E-state index >= 15 is 0 Å². The minimum atomic E-state index is -0.232. The molecule has 0 radical (unpaired) electrons. The molecule has 166 valence electrons. The van der Waals surface area contributed by atoms with E-state index in [1.54, 1.807) is 6.26 Å². The smallest absolute Gasteiger partial charge is 0.319 e. The van der Waals surface area contributed by atoms with Crippen LogP contribution in [0.5, 0.6) is 0 Å².